The van der Waals surface area contributed by atoms with E-state index in [9.17, 15) is 9.59 Å². The lowest BCUT2D eigenvalue weighted by molar-refractivity contribution is -0.127. The monoisotopic (exact) mass is 431 g/mol. The normalized spacial score (nSPS) is 16.0. The van der Waals surface area contributed by atoms with E-state index < -0.39 is 0 Å². The van der Waals surface area contributed by atoms with Crippen LogP contribution in [-0.4, -0.2) is 34.7 Å². The standard InChI is InChI=1S/C23H21N5O2S/c1-28-20(29)14-18(27-23(28)24)15-7-5-8-16(13-15)26-22(30)21-19(11-6-12-25-21)31-17-9-3-2-4-10-17/h2-13,18H,14H2,1H3,(H2,24,27)(H,26,30). The highest BCUT2D eigenvalue weighted by Crippen LogP contribution is 2.30. The fraction of sp³-hybridized carbons (Fsp3) is 0.130. The largest absolute Gasteiger partial charge is 0.369 e. The Kier molecular flexibility index (Phi) is 5.99. The SMILES string of the molecule is CN1C(=O)CC(c2cccc(NC(=O)c3ncccc3Sc3ccccc3)c2)N=C1N. The lowest BCUT2D eigenvalue weighted by Gasteiger charge is -2.25. The number of nitrogens with one attached hydrogen (secondary N) is 1. The Bertz CT molecular complexity index is 1150. The predicted molar refractivity (Wildman–Crippen MR) is 121 cm³/mol. The Balaban J connectivity index is 1.54. The maximum Gasteiger partial charge on any atom is 0.275 e. The highest BCUT2D eigenvalue weighted by atomic mass is 32.2. The smallest absolute Gasteiger partial charge is 0.275 e. The Hall–Kier alpha value is -3.65. The quantitative estimate of drug-likeness (QED) is 0.641. The number of nitrogens with zero attached hydrogens (tertiary/aromatic N) is 3. The molecule has 8 heteroatoms. The summed E-state index contributed by atoms with van der Waals surface area (Å²) in [5.41, 5.74) is 7.60. The number of rotatable bonds is 5. The van der Waals surface area contributed by atoms with Gasteiger partial charge in [0, 0.05) is 28.7 Å². The fourth-order valence-electron chi connectivity index (χ4n) is 3.19. The van der Waals surface area contributed by atoms with Crippen molar-refractivity contribution in [1.29, 1.82) is 0 Å². The second-order valence-electron chi connectivity index (χ2n) is 7.00. The molecule has 0 fully saturated rings. The number of carbonyl (C=O) groups is 2. The summed E-state index contributed by atoms with van der Waals surface area (Å²) < 4.78 is 0. The van der Waals surface area contributed by atoms with Crippen molar-refractivity contribution >= 4 is 35.2 Å². The van der Waals surface area contributed by atoms with Crippen LogP contribution >= 0.6 is 11.8 Å². The predicted octanol–water partition coefficient (Wildman–Crippen LogP) is 3.70. The average molecular weight is 432 g/mol. The molecule has 31 heavy (non-hydrogen) atoms. The van der Waals surface area contributed by atoms with E-state index in [-0.39, 0.29) is 30.2 Å². The molecule has 0 bridgehead atoms. The zero-order chi connectivity index (χ0) is 21.8. The van der Waals surface area contributed by atoms with Crippen molar-refractivity contribution in [3.05, 3.63) is 84.2 Å². The van der Waals surface area contributed by atoms with Gasteiger partial charge < -0.3 is 11.1 Å². The number of aromatic nitrogens is 1. The zero-order valence-corrected chi connectivity index (χ0v) is 17.7. The lowest BCUT2D eigenvalue weighted by Crippen LogP contribution is -2.42. The van der Waals surface area contributed by atoms with Crippen molar-refractivity contribution in [2.45, 2.75) is 22.3 Å². The first-order valence-electron chi connectivity index (χ1n) is 9.70. The minimum atomic E-state index is -0.375. The summed E-state index contributed by atoms with van der Waals surface area (Å²) in [4.78, 5) is 36.9. The van der Waals surface area contributed by atoms with E-state index in [1.807, 2.05) is 60.7 Å². The fourth-order valence-corrected chi connectivity index (χ4v) is 4.12. The maximum absolute atomic E-state index is 13.0. The van der Waals surface area contributed by atoms with E-state index in [2.05, 4.69) is 15.3 Å². The topological polar surface area (TPSA) is 101 Å². The third-order valence-corrected chi connectivity index (χ3v) is 5.92. The lowest BCUT2D eigenvalue weighted by atomic mass is 10.0. The highest BCUT2D eigenvalue weighted by Gasteiger charge is 2.26. The van der Waals surface area contributed by atoms with Crippen LogP contribution in [0.3, 0.4) is 0 Å². The van der Waals surface area contributed by atoms with Crippen LogP contribution in [0.4, 0.5) is 5.69 Å². The number of carbonyl (C=O) groups excluding carboxylic acids is 2. The molecule has 4 rings (SSSR count). The van der Waals surface area contributed by atoms with Crippen LogP contribution in [0.5, 0.6) is 0 Å². The summed E-state index contributed by atoms with van der Waals surface area (Å²) in [6.07, 6.45) is 1.83. The number of benzene rings is 2. The van der Waals surface area contributed by atoms with E-state index in [0.717, 1.165) is 15.4 Å². The number of aliphatic imine (C=N–C) groups is 1. The number of anilines is 1. The van der Waals surface area contributed by atoms with Crippen LogP contribution in [0.15, 0.2) is 87.7 Å². The summed E-state index contributed by atoms with van der Waals surface area (Å²) in [7, 11) is 1.60. The summed E-state index contributed by atoms with van der Waals surface area (Å²) in [6, 6.07) is 20.4. The molecule has 0 radical (unpaired) electrons. The molecule has 2 aromatic carbocycles. The molecule has 7 nitrogen and oxygen atoms in total. The molecule has 0 aliphatic carbocycles. The molecule has 1 unspecified atom stereocenters. The molecule has 3 aromatic rings. The molecular formula is C23H21N5O2S. The first-order chi connectivity index (χ1) is 15.0. The van der Waals surface area contributed by atoms with Gasteiger partial charge in [0.1, 0.15) is 5.69 Å². The Morgan fingerprint density at radius 3 is 2.71 bits per heavy atom. The van der Waals surface area contributed by atoms with E-state index in [4.69, 9.17) is 5.73 Å². The Morgan fingerprint density at radius 2 is 1.94 bits per heavy atom. The third-order valence-electron chi connectivity index (χ3n) is 4.86. The van der Waals surface area contributed by atoms with Crippen LogP contribution in [0.1, 0.15) is 28.5 Å². The van der Waals surface area contributed by atoms with Gasteiger partial charge in [-0.25, -0.2) is 9.98 Å². The molecule has 2 heterocycles. The maximum atomic E-state index is 13.0. The summed E-state index contributed by atoms with van der Waals surface area (Å²) in [5.74, 6) is -0.214. The van der Waals surface area contributed by atoms with Gasteiger partial charge >= 0.3 is 0 Å². The van der Waals surface area contributed by atoms with Crippen molar-refractivity contribution in [1.82, 2.24) is 9.88 Å². The zero-order valence-electron chi connectivity index (χ0n) is 16.9. The number of pyridine rings is 1. The number of hydrogen-bond donors (Lipinski definition) is 2. The average Bonchev–Trinajstić information content (AvgIpc) is 2.78. The summed E-state index contributed by atoms with van der Waals surface area (Å²) in [5, 5.41) is 2.91. The molecular weight excluding hydrogens is 410 g/mol. The number of hydrogen-bond acceptors (Lipinski definition) is 6. The Morgan fingerprint density at radius 1 is 1.13 bits per heavy atom. The second kappa shape index (κ2) is 9.01. The van der Waals surface area contributed by atoms with Crippen molar-refractivity contribution in [3.63, 3.8) is 0 Å². The molecule has 3 N–H and O–H groups in total. The van der Waals surface area contributed by atoms with Gasteiger partial charge in [-0.3, -0.25) is 14.5 Å². The van der Waals surface area contributed by atoms with Gasteiger partial charge in [0.15, 0.2) is 5.96 Å². The van der Waals surface area contributed by atoms with Gasteiger partial charge in [0.25, 0.3) is 5.91 Å². The molecule has 0 spiro atoms. The van der Waals surface area contributed by atoms with E-state index in [0.29, 0.717) is 11.4 Å². The molecule has 1 aliphatic rings. The van der Waals surface area contributed by atoms with Gasteiger partial charge in [-0.15, -0.1) is 0 Å². The molecule has 0 saturated heterocycles. The van der Waals surface area contributed by atoms with Gasteiger partial charge in [-0.05, 0) is 42.0 Å². The van der Waals surface area contributed by atoms with E-state index >= 15 is 0 Å². The highest BCUT2D eigenvalue weighted by molar-refractivity contribution is 7.99. The van der Waals surface area contributed by atoms with Crippen molar-refractivity contribution in [2.75, 3.05) is 12.4 Å². The molecule has 156 valence electrons. The molecule has 2 amide bonds. The number of amides is 2. The van der Waals surface area contributed by atoms with Gasteiger partial charge in [0.2, 0.25) is 5.91 Å². The van der Waals surface area contributed by atoms with Crippen molar-refractivity contribution in [2.24, 2.45) is 10.7 Å². The van der Waals surface area contributed by atoms with Crippen LogP contribution in [0.2, 0.25) is 0 Å². The van der Waals surface area contributed by atoms with E-state index in [1.54, 1.807) is 19.3 Å². The summed E-state index contributed by atoms with van der Waals surface area (Å²) >= 11 is 1.48. The minimum Gasteiger partial charge on any atom is -0.369 e. The van der Waals surface area contributed by atoms with Crippen LogP contribution < -0.4 is 11.1 Å². The molecule has 1 atom stereocenters. The number of guanidine groups is 1. The third kappa shape index (κ3) is 4.75. The van der Waals surface area contributed by atoms with Crippen molar-refractivity contribution < 1.29 is 9.59 Å². The van der Waals surface area contributed by atoms with Crippen LogP contribution in [-0.2, 0) is 4.79 Å². The Labute approximate surface area is 184 Å². The van der Waals surface area contributed by atoms with Gasteiger partial charge in [0.05, 0.1) is 12.5 Å². The number of nitrogens with two attached hydrogens (primary N) is 1. The molecule has 0 saturated carbocycles. The van der Waals surface area contributed by atoms with Crippen molar-refractivity contribution in [3.8, 4) is 0 Å². The first kappa shape index (κ1) is 20.6. The summed E-state index contributed by atoms with van der Waals surface area (Å²) in [6.45, 7) is 0. The molecule has 1 aliphatic heterocycles. The molecule has 1 aromatic heterocycles. The van der Waals surface area contributed by atoms with Crippen LogP contribution in [0.25, 0.3) is 0 Å². The second-order valence-corrected chi connectivity index (χ2v) is 8.12. The minimum absolute atomic E-state index is 0.0944. The van der Waals surface area contributed by atoms with Crippen LogP contribution in [0, 0.1) is 0 Å². The van der Waals surface area contributed by atoms with Gasteiger partial charge in [-0.2, -0.15) is 0 Å². The first-order valence-corrected chi connectivity index (χ1v) is 10.5. The van der Waals surface area contributed by atoms with E-state index in [1.165, 1.54) is 16.7 Å². The van der Waals surface area contributed by atoms with Gasteiger partial charge in [-0.1, -0.05) is 42.1 Å².